The van der Waals surface area contributed by atoms with Crippen LogP contribution >= 0.6 is 0 Å². The molecule has 0 aromatic heterocycles. The molecular formula is C9H14N2O2. The monoisotopic (exact) mass is 182 g/mol. The molecule has 4 nitrogen and oxygen atoms in total. The van der Waals surface area contributed by atoms with Crippen LogP contribution in [0.15, 0.2) is 0 Å². The van der Waals surface area contributed by atoms with Crippen LogP contribution in [0.2, 0.25) is 0 Å². The number of terminal acetylenes is 1. The van der Waals surface area contributed by atoms with Crippen LogP contribution < -0.4 is 10.6 Å². The van der Waals surface area contributed by atoms with Gasteiger partial charge in [0.25, 0.3) is 0 Å². The highest BCUT2D eigenvalue weighted by molar-refractivity contribution is 5.86. The van der Waals surface area contributed by atoms with Gasteiger partial charge in [-0.3, -0.25) is 9.59 Å². The maximum Gasteiger partial charge on any atom is 0.243 e. The lowest BCUT2D eigenvalue weighted by Gasteiger charge is -2.14. The minimum absolute atomic E-state index is 0.240. The summed E-state index contributed by atoms with van der Waals surface area (Å²) >= 11 is 0. The number of nitrogens with one attached hydrogen (secondary N) is 2. The van der Waals surface area contributed by atoms with Crippen LogP contribution in [-0.2, 0) is 9.59 Å². The lowest BCUT2D eigenvalue weighted by atomic mass is 10.2. The average molecular weight is 182 g/mol. The fourth-order valence-electron chi connectivity index (χ4n) is 0.750. The summed E-state index contributed by atoms with van der Waals surface area (Å²) in [6.07, 6.45) is 5.07. The first kappa shape index (κ1) is 11.5. The lowest BCUT2D eigenvalue weighted by molar-refractivity contribution is -0.127. The normalized spacial score (nSPS) is 13.7. The van der Waals surface area contributed by atoms with E-state index in [9.17, 15) is 9.59 Å². The second-order valence-electron chi connectivity index (χ2n) is 2.82. The van der Waals surface area contributed by atoms with Crippen LogP contribution in [0.3, 0.4) is 0 Å². The summed E-state index contributed by atoms with van der Waals surface area (Å²) in [5.74, 6) is 1.84. The van der Waals surface area contributed by atoms with Crippen LogP contribution in [-0.4, -0.2) is 23.9 Å². The highest BCUT2D eigenvalue weighted by Crippen LogP contribution is 1.84. The SMILES string of the molecule is C#CC(C)NC(=O)C(C)NC(C)=O. The van der Waals surface area contributed by atoms with Crippen molar-refractivity contribution in [3.63, 3.8) is 0 Å². The van der Waals surface area contributed by atoms with Crippen molar-refractivity contribution in [2.24, 2.45) is 0 Å². The van der Waals surface area contributed by atoms with Gasteiger partial charge in [-0.1, -0.05) is 5.92 Å². The highest BCUT2D eigenvalue weighted by Gasteiger charge is 2.14. The predicted molar refractivity (Wildman–Crippen MR) is 49.7 cm³/mol. The Morgan fingerprint density at radius 1 is 1.31 bits per heavy atom. The molecule has 0 aliphatic heterocycles. The minimum atomic E-state index is -0.548. The van der Waals surface area contributed by atoms with E-state index in [2.05, 4.69) is 16.6 Å². The molecule has 2 atom stereocenters. The summed E-state index contributed by atoms with van der Waals surface area (Å²) < 4.78 is 0. The van der Waals surface area contributed by atoms with Gasteiger partial charge in [0, 0.05) is 6.92 Å². The van der Waals surface area contributed by atoms with Gasteiger partial charge in [-0.2, -0.15) is 0 Å². The van der Waals surface area contributed by atoms with E-state index in [0.717, 1.165) is 0 Å². The van der Waals surface area contributed by atoms with Crippen molar-refractivity contribution in [3.8, 4) is 12.3 Å². The Morgan fingerprint density at radius 3 is 2.23 bits per heavy atom. The van der Waals surface area contributed by atoms with E-state index < -0.39 is 6.04 Å². The van der Waals surface area contributed by atoms with Crippen molar-refractivity contribution in [1.29, 1.82) is 0 Å². The largest absolute Gasteiger partial charge is 0.345 e. The molecule has 72 valence electrons. The Morgan fingerprint density at radius 2 is 1.85 bits per heavy atom. The Kier molecular flexibility index (Phi) is 4.60. The number of hydrogen-bond acceptors (Lipinski definition) is 2. The van der Waals surface area contributed by atoms with Crippen molar-refractivity contribution < 1.29 is 9.59 Å². The molecule has 0 aliphatic rings. The zero-order valence-electron chi connectivity index (χ0n) is 8.05. The third kappa shape index (κ3) is 4.86. The summed E-state index contributed by atoms with van der Waals surface area (Å²) in [4.78, 5) is 21.8. The first-order valence-corrected chi connectivity index (χ1v) is 4.01. The van der Waals surface area contributed by atoms with Crippen molar-refractivity contribution >= 4 is 11.8 Å². The van der Waals surface area contributed by atoms with Gasteiger partial charge >= 0.3 is 0 Å². The van der Waals surface area contributed by atoms with Gasteiger partial charge in [-0.15, -0.1) is 6.42 Å². The van der Waals surface area contributed by atoms with E-state index in [1.54, 1.807) is 13.8 Å². The molecule has 2 amide bonds. The smallest absolute Gasteiger partial charge is 0.243 e. The van der Waals surface area contributed by atoms with Gasteiger partial charge in [0.05, 0.1) is 6.04 Å². The number of rotatable bonds is 3. The van der Waals surface area contributed by atoms with Crippen LogP contribution in [0, 0.1) is 12.3 Å². The van der Waals surface area contributed by atoms with Crippen molar-refractivity contribution in [2.75, 3.05) is 0 Å². The molecule has 0 aliphatic carbocycles. The summed E-state index contributed by atoms with van der Waals surface area (Å²) in [5, 5.41) is 5.00. The molecule has 0 spiro atoms. The van der Waals surface area contributed by atoms with E-state index in [0.29, 0.717) is 0 Å². The van der Waals surface area contributed by atoms with Crippen LogP contribution in [0.4, 0.5) is 0 Å². The quantitative estimate of drug-likeness (QED) is 0.586. The van der Waals surface area contributed by atoms with Crippen molar-refractivity contribution in [1.82, 2.24) is 10.6 Å². The van der Waals surface area contributed by atoms with E-state index in [-0.39, 0.29) is 17.9 Å². The number of carbonyl (C=O) groups is 2. The molecule has 0 heterocycles. The number of amides is 2. The topological polar surface area (TPSA) is 58.2 Å². The Bertz CT molecular complexity index is 242. The lowest BCUT2D eigenvalue weighted by Crippen LogP contribution is -2.46. The molecule has 0 bridgehead atoms. The summed E-state index contributed by atoms with van der Waals surface area (Å²) in [6.45, 7) is 4.65. The third-order valence-electron chi connectivity index (χ3n) is 1.42. The highest BCUT2D eigenvalue weighted by atomic mass is 16.2. The van der Waals surface area contributed by atoms with Crippen LogP contribution in [0.25, 0.3) is 0 Å². The molecule has 0 saturated heterocycles. The second-order valence-corrected chi connectivity index (χ2v) is 2.82. The maximum atomic E-state index is 11.2. The zero-order valence-corrected chi connectivity index (χ0v) is 8.05. The second kappa shape index (κ2) is 5.20. The van der Waals surface area contributed by atoms with E-state index in [1.807, 2.05) is 0 Å². The minimum Gasteiger partial charge on any atom is -0.345 e. The van der Waals surface area contributed by atoms with E-state index >= 15 is 0 Å². The molecular weight excluding hydrogens is 168 g/mol. The van der Waals surface area contributed by atoms with E-state index in [1.165, 1.54) is 6.92 Å². The zero-order chi connectivity index (χ0) is 10.4. The molecule has 2 unspecified atom stereocenters. The third-order valence-corrected chi connectivity index (χ3v) is 1.42. The average Bonchev–Trinajstić information content (AvgIpc) is 2.02. The molecule has 0 aromatic carbocycles. The van der Waals surface area contributed by atoms with Crippen LogP contribution in [0.1, 0.15) is 20.8 Å². The molecule has 0 radical (unpaired) electrons. The van der Waals surface area contributed by atoms with Gasteiger partial charge in [0.15, 0.2) is 0 Å². The maximum absolute atomic E-state index is 11.2. The molecule has 0 rings (SSSR count). The number of hydrogen-bond donors (Lipinski definition) is 2. The number of carbonyl (C=O) groups excluding carboxylic acids is 2. The fourth-order valence-corrected chi connectivity index (χ4v) is 0.750. The van der Waals surface area contributed by atoms with Gasteiger partial charge in [-0.25, -0.2) is 0 Å². The van der Waals surface area contributed by atoms with Gasteiger partial charge in [0.2, 0.25) is 11.8 Å². The first-order valence-electron chi connectivity index (χ1n) is 4.01. The van der Waals surface area contributed by atoms with Crippen molar-refractivity contribution in [2.45, 2.75) is 32.9 Å². The Labute approximate surface area is 78.1 Å². The van der Waals surface area contributed by atoms with Gasteiger partial charge in [-0.05, 0) is 13.8 Å². The standard InChI is InChI=1S/C9H14N2O2/c1-5-6(2)10-9(13)7(3)11-8(4)12/h1,6-7H,2-4H3,(H,10,13)(H,11,12). The first-order chi connectivity index (χ1) is 5.97. The summed E-state index contributed by atoms with van der Waals surface area (Å²) in [6, 6.07) is -0.864. The predicted octanol–water partition coefficient (Wildman–Crippen LogP) is -0.351. The molecule has 0 saturated carbocycles. The summed E-state index contributed by atoms with van der Waals surface area (Å²) in [5.41, 5.74) is 0. The summed E-state index contributed by atoms with van der Waals surface area (Å²) in [7, 11) is 0. The molecule has 4 heteroatoms. The molecule has 0 fully saturated rings. The molecule has 2 N–H and O–H groups in total. The van der Waals surface area contributed by atoms with Gasteiger partial charge < -0.3 is 10.6 Å². The van der Waals surface area contributed by atoms with E-state index in [4.69, 9.17) is 6.42 Å². The molecule has 13 heavy (non-hydrogen) atoms. The Hall–Kier alpha value is -1.50. The molecule has 0 aromatic rings. The Balaban J connectivity index is 3.98. The van der Waals surface area contributed by atoms with Crippen LogP contribution in [0.5, 0.6) is 0 Å². The van der Waals surface area contributed by atoms with Crippen molar-refractivity contribution in [3.05, 3.63) is 0 Å². The fraction of sp³-hybridized carbons (Fsp3) is 0.556. The van der Waals surface area contributed by atoms with Gasteiger partial charge in [0.1, 0.15) is 6.04 Å².